The van der Waals surface area contributed by atoms with Gasteiger partial charge in [0.15, 0.2) is 0 Å². The number of primary amides is 1. The molecule has 3 N–H and O–H groups in total. The molecule has 2 rings (SSSR count). The lowest BCUT2D eigenvalue weighted by Crippen LogP contribution is -2.28. The van der Waals surface area contributed by atoms with E-state index in [1.165, 1.54) is 11.3 Å². The summed E-state index contributed by atoms with van der Waals surface area (Å²) in [6.45, 7) is 6.24. The lowest BCUT2D eigenvalue weighted by Gasteiger charge is -2.17. The number of benzene rings is 1. The van der Waals surface area contributed by atoms with Crippen molar-refractivity contribution in [2.45, 2.75) is 32.2 Å². The lowest BCUT2D eigenvalue weighted by atomic mass is 9.98. The smallest absolute Gasteiger partial charge is 0.246 e. The number of hydrogen-bond acceptors (Lipinski definition) is 4. The second-order valence-corrected chi connectivity index (χ2v) is 7.05. The number of halogens is 1. The van der Waals surface area contributed by atoms with Crippen LogP contribution in [0.2, 0.25) is 5.02 Å². The first-order valence-corrected chi connectivity index (χ1v) is 7.81. The van der Waals surface area contributed by atoms with Gasteiger partial charge < -0.3 is 11.1 Å². The van der Waals surface area contributed by atoms with Gasteiger partial charge in [0.05, 0.1) is 21.4 Å². The maximum Gasteiger partial charge on any atom is 0.246 e. The van der Waals surface area contributed by atoms with Crippen LogP contribution >= 0.6 is 22.9 Å². The number of carbonyl (C=O) groups excluding carboxylic acids is 1. The van der Waals surface area contributed by atoms with E-state index in [0.29, 0.717) is 16.4 Å². The molecule has 0 spiro atoms. The number of hydrogen-bond donors (Lipinski definition) is 2. The van der Waals surface area contributed by atoms with Gasteiger partial charge in [0.2, 0.25) is 5.91 Å². The summed E-state index contributed by atoms with van der Waals surface area (Å²) >= 11 is 7.63. The Balaban J connectivity index is 2.30. The highest BCUT2D eigenvalue weighted by Gasteiger charge is 2.25. The van der Waals surface area contributed by atoms with Crippen molar-refractivity contribution >= 4 is 34.5 Å². The summed E-state index contributed by atoms with van der Waals surface area (Å²) in [5.74, 6) is -0.485. The molecule has 1 heterocycles. The van der Waals surface area contributed by atoms with Crippen molar-refractivity contribution in [1.82, 2.24) is 4.98 Å². The van der Waals surface area contributed by atoms with Crippen LogP contribution in [0.4, 0.5) is 5.69 Å². The summed E-state index contributed by atoms with van der Waals surface area (Å²) in [6.07, 6.45) is 0. The van der Waals surface area contributed by atoms with Gasteiger partial charge in [-0.1, -0.05) is 44.5 Å². The molecule has 1 aromatic carbocycles. The van der Waals surface area contributed by atoms with E-state index in [4.69, 9.17) is 17.3 Å². The van der Waals surface area contributed by atoms with Gasteiger partial charge in [0.25, 0.3) is 0 Å². The molecule has 0 saturated heterocycles. The van der Waals surface area contributed by atoms with Gasteiger partial charge in [-0.05, 0) is 12.1 Å². The Morgan fingerprint density at radius 2 is 2.05 bits per heavy atom. The first kappa shape index (κ1) is 15.8. The van der Waals surface area contributed by atoms with Crippen molar-refractivity contribution in [3.05, 3.63) is 45.4 Å². The monoisotopic (exact) mass is 323 g/mol. The van der Waals surface area contributed by atoms with Gasteiger partial charge in [-0.2, -0.15) is 0 Å². The zero-order valence-electron chi connectivity index (χ0n) is 12.2. The summed E-state index contributed by atoms with van der Waals surface area (Å²) in [4.78, 5) is 16.3. The third-order valence-corrected chi connectivity index (χ3v) is 4.53. The molecule has 0 bridgehead atoms. The van der Waals surface area contributed by atoms with Crippen molar-refractivity contribution in [3.63, 3.8) is 0 Å². The van der Waals surface area contributed by atoms with Crippen LogP contribution < -0.4 is 11.1 Å². The van der Waals surface area contributed by atoms with E-state index >= 15 is 0 Å². The number of anilines is 1. The Bertz CT molecular complexity index is 648. The number of nitrogens with one attached hydrogen (secondary N) is 1. The van der Waals surface area contributed by atoms with Crippen LogP contribution in [0.3, 0.4) is 0 Å². The predicted octanol–water partition coefficient (Wildman–Crippen LogP) is 3.73. The fraction of sp³-hybridized carbons (Fsp3) is 0.333. The van der Waals surface area contributed by atoms with E-state index in [9.17, 15) is 4.79 Å². The van der Waals surface area contributed by atoms with Crippen molar-refractivity contribution in [2.24, 2.45) is 5.73 Å². The molecule has 6 heteroatoms. The molecule has 0 aliphatic carbocycles. The number of amides is 1. The maximum absolute atomic E-state index is 11.8. The molecule has 1 atom stereocenters. The molecule has 1 amide bonds. The predicted molar refractivity (Wildman–Crippen MR) is 87.8 cm³/mol. The van der Waals surface area contributed by atoms with Crippen molar-refractivity contribution in [2.75, 3.05) is 5.32 Å². The molecular weight excluding hydrogens is 306 g/mol. The van der Waals surface area contributed by atoms with Gasteiger partial charge in [-0.15, -0.1) is 11.3 Å². The quantitative estimate of drug-likeness (QED) is 0.900. The number of aromatic nitrogens is 1. The molecule has 21 heavy (non-hydrogen) atoms. The van der Waals surface area contributed by atoms with E-state index in [-0.39, 0.29) is 5.41 Å². The van der Waals surface area contributed by atoms with Crippen LogP contribution in [0.15, 0.2) is 29.6 Å². The molecule has 2 aromatic rings. The summed E-state index contributed by atoms with van der Waals surface area (Å²) in [5.41, 5.74) is 6.73. The number of nitrogens with two attached hydrogens (primary N) is 1. The summed E-state index contributed by atoms with van der Waals surface area (Å²) in [7, 11) is 0. The second-order valence-electron chi connectivity index (χ2n) is 5.79. The van der Waals surface area contributed by atoms with Crippen LogP contribution in [0.25, 0.3) is 0 Å². The van der Waals surface area contributed by atoms with Crippen LogP contribution in [0.5, 0.6) is 0 Å². The number of nitrogens with zero attached hydrogens (tertiary/aromatic N) is 1. The Morgan fingerprint density at radius 1 is 1.38 bits per heavy atom. The highest BCUT2D eigenvalue weighted by Crippen LogP contribution is 2.30. The highest BCUT2D eigenvalue weighted by atomic mass is 35.5. The molecular formula is C15H18ClN3OS. The zero-order chi connectivity index (χ0) is 15.6. The van der Waals surface area contributed by atoms with Gasteiger partial charge in [-0.25, -0.2) is 4.98 Å². The molecule has 0 fully saturated rings. The normalized spacial score (nSPS) is 13.0. The molecule has 0 aliphatic rings. The van der Waals surface area contributed by atoms with Crippen LogP contribution in [-0.4, -0.2) is 10.9 Å². The van der Waals surface area contributed by atoms with E-state index in [1.54, 1.807) is 12.1 Å². The molecule has 0 radical (unpaired) electrons. The molecule has 0 aliphatic heterocycles. The fourth-order valence-electron chi connectivity index (χ4n) is 1.79. The number of rotatable bonds is 4. The Morgan fingerprint density at radius 3 is 2.57 bits per heavy atom. The molecule has 1 aromatic heterocycles. The van der Waals surface area contributed by atoms with Crippen molar-refractivity contribution in [1.29, 1.82) is 0 Å². The number of thiazole rings is 1. The zero-order valence-corrected chi connectivity index (χ0v) is 13.8. The minimum absolute atomic E-state index is 0.0600. The average Bonchev–Trinajstić information content (AvgIpc) is 2.86. The Hall–Kier alpha value is -1.59. The highest BCUT2D eigenvalue weighted by molar-refractivity contribution is 7.09. The third-order valence-electron chi connectivity index (χ3n) is 2.92. The summed E-state index contributed by atoms with van der Waals surface area (Å²) < 4.78 is 0. The maximum atomic E-state index is 11.8. The van der Waals surface area contributed by atoms with Crippen LogP contribution in [0.1, 0.15) is 37.5 Å². The van der Waals surface area contributed by atoms with Gasteiger partial charge in [0, 0.05) is 10.8 Å². The lowest BCUT2D eigenvalue weighted by molar-refractivity contribution is -0.118. The Kier molecular flexibility index (Phi) is 4.54. The van der Waals surface area contributed by atoms with Gasteiger partial charge in [-0.3, -0.25) is 4.79 Å². The first-order valence-electron chi connectivity index (χ1n) is 6.55. The van der Waals surface area contributed by atoms with E-state index in [0.717, 1.165) is 5.01 Å². The van der Waals surface area contributed by atoms with E-state index in [2.05, 4.69) is 31.1 Å². The van der Waals surface area contributed by atoms with Gasteiger partial charge in [0.1, 0.15) is 6.04 Å². The van der Waals surface area contributed by atoms with Gasteiger partial charge >= 0.3 is 0 Å². The second kappa shape index (κ2) is 6.03. The largest absolute Gasteiger partial charge is 0.368 e. The number of carbonyl (C=O) groups is 1. The Labute approximate surface area is 133 Å². The third kappa shape index (κ3) is 3.74. The summed E-state index contributed by atoms with van der Waals surface area (Å²) in [5, 5.41) is 6.43. The first-order chi connectivity index (χ1) is 9.79. The molecule has 0 saturated carbocycles. The van der Waals surface area contributed by atoms with Crippen molar-refractivity contribution in [3.8, 4) is 0 Å². The molecule has 1 unspecified atom stereocenters. The van der Waals surface area contributed by atoms with E-state index < -0.39 is 11.9 Å². The fourth-order valence-corrected chi connectivity index (χ4v) is 2.91. The van der Waals surface area contributed by atoms with Crippen molar-refractivity contribution < 1.29 is 4.79 Å². The number of para-hydroxylation sites is 1. The topological polar surface area (TPSA) is 68.0 Å². The summed E-state index contributed by atoms with van der Waals surface area (Å²) in [6, 6.07) is 6.53. The standard InChI is InChI=1S/C15H18ClN3OS/c1-15(2,3)14-19-11(8-21-14)12(13(17)20)18-10-7-5-4-6-9(10)16/h4-8,12,18H,1-3H3,(H2,17,20). The van der Waals surface area contributed by atoms with Crippen LogP contribution in [-0.2, 0) is 10.2 Å². The average molecular weight is 324 g/mol. The molecule has 4 nitrogen and oxygen atoms in total. The van der Waals surface area contributed by atoms with Crippen LogP contribution in [0, 0.1) is 0 Å². The SMILES string of the molecule is CC(C)(C)c1nc(C(Nc2ccccc2Cl)C(N)=O)cs1. The van der Waals surface area contributed by atoms with E-state index in [1.807, 2.05) is 17.5 Å². The minimum Gasteiger partial charge on any atom is -0.368 e. The minimum atomic E-state index is -0.697. The molecule has 112 valence electrons.